The summed E-state index contributed by atoms with van der Waals surface area (Å²) in [6, 6.07) is 45.2. The first-order valence-corrected chi connectivity index (χ1v) is 24.1. The summed E-state index contributed by atoms with van der Waals surface area (Å²) in [4.78, 5) is 0. The van der Waals surface area contributed by atoms with E-state index in [1.54, 1.807) is 0 Å². The summed E-state index contributed by atoms with van der Waals surface area (Å²) < 4.78 is 61.6. The predicted octanol–water partition coefficient (Wildman–Crippen LogP) is 14.7. The Kier molecular flexibility index (Phi) is 7.50. The first-order chi connectivity index (χ1) is 25.3. The minimum absolute atomic E-state index is 0.449. The molecule has 0 fully saturated rings. The van der Waals surface area contributed by atoms with Gasteiger partial charge in [-0.05, 0) is 58.9 Å². The number of rotatable bonds is 0. The van der Waals surface area contributed by atoms with Crippen LogP contribution in [0.25, 0.3) is 33.4 Å². The van der Waals surface area contributed by atoms with E-state index in [0.717, 1.165) is 33.4 Å². The summed E-state index contributed by atoms with van der Waals surface area (Å²) in [6.07, 6.45) is 0. The molecular formula is C36H24Cl2N4O6P4. The topological polar surface area (TPSA) is 105 Å². The maximum Gasteiger partial charge on any atom is 0.460 e. The SMILES string of the molecule is ClP1(Cl)=NP2(=NP3(=NP4(=N1)Oc1ccccc1-c1ccccc1O4)Oc1ccccc1-c1ccccc1O3)Oc1ccccc1-c1ccccc1O2. The fraction of sp³-hybridized carbons (Fsp3) is 0. The largest absolute Gasteiger partial charge is 0.460 e. The molecule has 4 aliphatic heterocycles. The second-order valence-electron chi connectivity index (χ2n) is 11.8. The first-order valence-electron chi connectivity index (χ1n) is 16.0. The minimum atomic E-state index is -4.11. The van der Waals surface area contributed by atoms with Gasteiger partial charge in [0.2, 0.25) is 0 Å². The van der Waals surface area contributed by atoms with Gasteiger partial charge in [-0.25, -0.2) is 0 Å². The van der Waals surface area contributed by atoms with Crippen molar-refractivity contribution < 1.29 is 27.1 Å². The predicted molar refractivity (Wildman–Crippen MR) is 208 cm³/mol. The van der Waals surface area contributed by atoms with Crippen molar-refractivity contribution in [2.75, 3.05) is 0 Å². The molecule has 10 nitrogen and oxygen atoms in total. The van der Waals surface area contributed by atoms with Crippen molar-refractivity contribution in [3.8, 4) is 67.9 Å². The minimum Gasteiger partial charge on any atom is -0.413 e. The van der Waals surface area contributed by atoms with Crippen LogP contribution in [-0.2, 0) is 0 Å². The van der Waals surface area contributed by atoms with Crippen molar-refractivity contribution in [3.05, 3.63) is 146 Å². The molecule has 0 saturated carbocycles. The molecule has 0 aromatic heterocycles. The Morgan fingerprint density at radius 1 is 0.288 bits per heavy atom. The first kappa shape index (κ1) is 32.3. The third-order valence-electron chi connectivity index (χ3n) is 8.39. The van der Waals surface area contributed by atoms with Crippen LogP contribution in [0.1, 0.15) is 0 Å². The van der Waals surface area contributed by atoms with Gasteiger partial charge in [-0.15, -0.1) is 9.03 Å². The van der Waals surface area contributed by atoms with Crippen LogP contribution in [0.2, 0.25) is 0 Å². The lowest BCUT2D eigenvalue weighted by molar-refractivity contribution is 0.462. The molecule has 0 saturated heterocycles. The summed E-state index contributed by atoms with van der Waals surface area (Å²) in [6.45, 7) is 0. The normalized spacial score (nSPS) is 18.4. The van der Waals surface area contributed by atoms with Crippen molar-refractivity contribution in [2.45, 2.75) is 0 Å². The van der Waals surface area contributed by atoms with Gasteiger partial charge in [0, 0.05) is 33.4 Å². The molecule has 0 aliphatic carbocycles. The van der Waals surface area contributed by atoms with Crippen molar-refractivity contribution >= 4 is 51.4 Å². The summed E-state index contributed by atoms with van der Waals surface area (Å²) >= 11 is 14.4. The van der Waals surface area contributed by atoms with E-state index in [4.69, 9.17) is 67.7 Å². The van der Waals surface area contributed by atoms with Crippen molar-refractivity contribution in [1.82, 2.24) is 0 Å². The number of hydrogen-bond acceptors (Lipinski definition) is 10. The monoisotopic (exact) mass is 802 g/mol. The Morgan fingerprint density at radius 3 is 0.769 bits per heavy atom. The van der Waals surface area contributed by atoms with Gasteiger partial charge in [-0.3, -0.25) is 0 Å². The van der Waals surface area contributed by atoms with Crippen LogP contribution in [-0.4, -0.2) is 0 Å². The highest BCUT2D eigenvalue weighted by molar-refractivity contribution is 8.12. The maximum absolute atomic E-state index is 7.22. The zero-order valence-electron chi connectivity index (χ0n) is 26.6. The molecule has 258 valence electrons. The van der Waals surface area contributed by atoms with Gasteiger partial charge in [-0.2, -0.15) is 0 Å². The molecule has 0 bridgehead atoms. The van der Waals surface area contributed by atoms with Crippen molar-refractivity contribution in [1.29, 1.82) is 0 Å². The molecule has 0 amide bonds. The smallest absolute Gasteiger partial charge is 0.413 e. The lowest BCUT2D eigenvalue weighted by Crippen LogP contribution is -2.06. The number of hydrogen-bond donors (Lipinski definition) is 0. The van der Waals surface area contributed by atoms with Crippen LogP contribution < -0.4 is 27.1 Å². The summed E-state index contributed by atoms with van der Waals surface area (Å²) in [5.41, 5.74) is 4.60. The molecule has 0 unspecified atom stereocenters. The Balaban J connectivity index is 1.33. The Hall–Kier alpha value is -4.38. The molecule has 6 aromatic rings. The standard InChI is InChI=1S/C36H24Cl2N4O6P4/c37-49(38)39-50(43-31-19-7-1-13-25(31)26-14-2-8-20-32(26)44-50)41-52(47-35-23-11-5-17-29(35)30-18-6-12-24-36(30)48-52)42-51(40-49)45-33-21-9-3-15-27(33)28-16-4-10-22-34(28)46-51/h1-24H. The molecule has 0 atom stereocenters. The van der Waals surface area contributed by atoms with Gasteiger partial charge < -0.3 is 27.1 Å². The molecule has 0 radical (unpaired) electrons. The molecule has 52 heavy (non-hydrogen) atoms. The number of para-hydroxylation sites is 6. The molecule has 3 spiro atoms. The van der Waals surface area contributed by atoms with Crippen LogP contribution >= 0.6 is 51.4 Å². The van der Waals surface area contributed by atoms with E-state index >= 15 is 0 Å². The van der Waals surface area contributed by atoms with Crippen LogP contribution in [0, 0.1) is 0 Å². The zero-order chi connectivity index (χ0) is 35.0. The van der Waals surface area contributed by atoms with Crippen molar-refractivity contribution in [3.63, 3.8) is 0 Å². The number of benzene rings is 6. The molecule has 6 aromatic carbocycles. The van der Waals surface area contributed by atoms with E-state index in [1.807, 2.05) is 146 Å². The van der Waals surface area contributed by atoms with Crippen LogP contribution in [0.5, 0.6) is 34.5 Å². The van der Waals surface area contributed by atoms with Crippen molar-refractivity contribution in [2.24, 2.45) is 18.1 Å². The van der Waals surface area contributed by atoms with Gasteiger partial charge in [0.05, 0.1) is 0 Å². The molecular weight excluding hydrogens is 779 g/mol. The number of nitrogens with zero attached hydrogens (tertiary/aromatic N) is 4. The molecule has 4 aliphatic rings. The number of fused-ring (bicyclic) bond motifs is 9. The molecule has 16 heteroatoms. The van der Waals surface area contributed by atoms with E-state index in [1.165, 1.54) is 0 Å². The Bertz CT molecular complexity index is 2470. The van der Waals surface area contributed by atoms with E-state index in [0.29, 0.717) is 34.5 Å². The summed E-state index contributed by atoms with van der Waals surface area (Å²) in [5.74, 6) is -1.16. The maximum atomic E-state index is 7.22. The lowest BCUT2D eigenvalue weighted by Gasteiger charge is -2.29. The van der Waals surface area contributed by atoms with Gasteiger partial charge in [0.15, 0.2) is 0 Å². The van der Waals surface area contributed by atoms with Crippen LogP contribution in [0.3, 0.4) is 0 Å². The quantitative estimate of drug-likeness (QED) is 0.142. The Morgan fingerprint density at radius 2 is 0.500 bits per heavy atom. The second-order valence-corrected chi connectivity index (χ2v) is 23.0. The fourth-order valence-electron chi connectivity index (χ4n) is 6.29. The highest BCUT2D eigenvalue weighted by Gasteiger charge is 2.49. The summed E-state index contributed by atoms with van der Waals surface area (Å²) in [5, 5.41) is 0. The average molecular weight is 803 g/mol. The third kappa shape index (κ3) is 5.58. The molecule has 0 N–H and O–H groups in total. The Labute approximate surface area is 308 Å². The zero-order valence-corrected chi connectivity index (χ0v) is 31.7. The van der Waals surface area contributed by atoms with E-state index < -0.39 is 28.9 Å². The number of halogens is 2. The average Bonchev–Trinajstić information content (AvgIpc) is 3.41. The van der Waals surface area contributed by atoms with Gasteiger partial charge in [-0.1, -0.05) is 118 Å². The molecule has 4 heterocycles. The van der Waals surface area contributed by atoms with Gasteiger partial charge >= 0.3 is 23.0 Å². The van der Waals surface area contributed by atoms with Crippen LogP contribution in [0.4, 0.5) is 0 Å². The van der Waals surface area contributed by atoms with Crippen LogP contribution in [0.15, 0.2) is 164 Å². The van der Waals surface area contributed by atoms with Gasteiger partial charge in [0.25, 0.3) is 5.91 Å². The highest BCUT2D eigenvalue weighted by atomic mass is 35.9. The lowest BCUT2D eigenvalue weighted by atomic mass is 10.0. The third-order valence-corrected chi connectivity index (χ3v) is 20.6. The highest BCUT2D eigenvalue weighted by Crippen LogP contribution is 2.83. The molecule has 10 rings (SSSR count). The van der Waals surface area contributed by atoms with E-state index in [2.05, 4.69) is 0 Å². The fourth-order valence-corrected chi connectivity index (χ4v) is 20.0. The van der Waals surface area contributed by atoms with E-state index in [-0.39, 0.29) is 0 Å². The summed E-state index contributed by atoms with van der Waals surface area (Å²) in [7, 11) is -12.1. The van der Waals surface area contributed by atoms with Gasteiger partial charge in [0.1, 0.15) is 34.5 Å². The second kappa shape index (κ2) is 12.1. The van der Waals surface area contributed by atoms with E-state index in [9.17, 15) is 0 Å².